The molecule has 0 aliphatic heterocycles. The normalized spacial score (nSPS) is 10.4. The maximum atomic E-state index is 12.4. The van der Waals surface area contributed by atoms with Crippen LogP contribution in [-0.4, -0.2) is 17.4 Å². The molecule has 0 saturated heterocycles. The number of nitrogens with one attached hydrogen (secondary N) is 2. The fourth-order valence-corrected chi connectivity index (χ4v) is 3.14. The van der Waals surface area contributed by atoms with Crippen LogP contribution in [-0.2, 0) is 6.42 Å². The topological polar surface area (TPSA) is 54.0 Å². The fraction of sp³-hybridized carbons (Fsp3) is 0.111. The summed E-state index contributed by atoms with van der Waals surface area (Å²) < 4.78 is 0. The number of thiophene rings is 1. The molecule has 0 bridgehead atoms. The van der Waals surface area contributed by atoms with Crippen LogP contribution in [0.1, 0.15) is 15.2 Å². The SMILES string of the molecule is O=C(NCCc1cccs1)c1cccnc1Nc1cccc(Cl)c1. The van der Waals surface area contributed by atoms with Gasteiger partial charge in [0, 0.05) is 28.3 Å². The summed E-state index contributed by atoms with van der Waals surface area (Å²) in [5, 5.41) is 8.74. The van der Waals surface area contributed by atoms with Crippen molar-refractivity contribution in [2.75, 3.05) is 11.9 Å². The van der Waals surface area contributed by atoms with E-state index in [2.05, 4.69) is 21.7 Å². The number of hydrogen-bond acceptors (Lipinski definition) is 4. The van der Waals surface area contributed by atoms with E-state index in [-0.39, 0.29) is 5.91 Å². The molecule has 0 saturated carbocycles. The average Bonchev–Trinajstić information content (AvgIpc) is 3.09. The Hall–Kier alpha value is -2.37. The summed E-state index contributed by atoms with van der Waals surface area (Å²) >= 11 is 7.68. The number of aromatic nitrogens is 1. The fourth-order valence-electron chi connectivity index (χ4n) is 2.24. The Bertz CT molecular complexity index is 821. The molecule has 0 spiro atoms. The number of nitrogens with zero attached hydrogens (tertiary/aromatic N) is 1. The lowest BCUT2D eigenvalue weighted by molar-refractivity contribution is 0.0955. The quantitative estimate of drug-likeness (QED) is 0.682. The first-order valence-corrected chi connectivity index (χ1v) is 8.76. The lowest BCUT2D eigenvalue weighted by Gasteiger charge is -2.11. The summed E-state index contributed by atoms with van der Waals surface area (Å²) in [4.78, 5) is 18.0. The van der Waals surface area contributed by atoms with Crippen LogP contribution in [0.3, 0.4) is 0 Å². The molecular formula is C18H16ClN3OS. The molecule has 2 aromatic heterocycles. The highest BCUT2D eigenvalue weighted by molar-refractivity contribution is 7.09. The van der Waals surface area contributed by atoms with Crippen LogP contribution in [0, 0.1) is 0 Å². The number of halogens is 1. The standard InChI is InChI=1S/C18H16ClN3OS/c19-13-4-1-5-14(12-13)22-17-16(7-2-9-20-17)18(23)21-10-8-15-6-3-11-24-15/h1-7,9,11-12H,8,10H2,(H,20,22)(H,21,23). The third kappa shape index (κ3) is 4.34. The Balaban J connectivity index is 1.67. The van der Waals surface area contributed by atoms with Gasteiger partial charge in [0.25, 0.3) is 5.91 Å². The molecule has 0 atom stereocenters. The third-order valence-corrected chi connectivity index (χ3v) is 4.55. The molecule has 3 rings (SSSR count). The second-order valence-electron chi connectivity index (χ2n) is 5.12. The minimum Gasteiger partial charge on any atom is -0.352 e. The molecular weight excluding hydrogens is 342 g/mol. The maximum Gasteiger partial charge on any atom is 0.255 e. The molecule has 0 radical (unpaired) electrons. The van der Waals surface area contributed by atoms with Crippen molar-refractivity contribution in [1.82, 2.24) is 10.3 Å². The summed E-state index contributed by atoms with van der Waals surface area (Å²) in [6.07, 6.45) is 2.47. The minimum atomic E-state index is -0.149. The number of benzene rings is 1. The van der Waals surface area contributed by atoms with Crippen molar-refractivity contribution >= 4 is 40.4 Å². The molecule has 2 heterocycles. The Labute approximate surface area is 149 Å². The number of carbonyl (C=O) groups is 1. The second-order valence-corrected chi connectivity index (χ2v) is 6.59. The van der Waals surface area contributed by atoms with Crippen molar-refractivity contribution in [3.8, 4) is 0 Å². The van der Waals surface area contributed by atoms with Gasteiger partial charge in [-0.1, -0.05) is 23.7 Å². The predicted octanol–water partition coefficient (Wildman–Crippen LogP) is 4.51. The molecule has 24 heavy (non-hydrogen) atoms. The number of anilines is 2. The summed E-state index contributed by atoms with van der Waals surface area (Å²) in [5.41, 5.74) is 1.29. The van der Waals surface area contributed by atoms with E-state index in [1.54, 1.807) is 41.8 Å². The first kappa shape index (κ1) is 16.5. The highest BCUT2D eigenvalue weighted by atomic mass is 35.5. The van der Waals surface area contributed by atoms with Crippen LogP contribution < -0.4 is 10.6 Å². The summed E-state index contributed by atoms with van der Waals surface area (Å²) in [5.74, 6) is 0.359. The van der Waals surface area contributed by atoms with Crippen molar-refractivity contribution in [3.05, 3.63) is 75.6 Å². The van der Waals surface area contributed by atoms with Crippen LogP contribution in [0.25, 0.3) is 0 Å². The smallest absolute Gasteiger partial charge is 0.255 e. The van der Waals surface area contributed by atoms with Crippen LogP contribution in [0.15, 0.2) is 60.1 Å². The summed E-state index contributed by atoms with van der Waals surface area (Å²) in [6, 6.07) is 14.9. The molecule has 2 N–H and O–H groups in total. The Morgan fingerprint density at radius 2 is 2.08 bits per heavy atom. The van der Waals surface area contributed by atoms with Crippen LogP contribution >= 0.6 is 22.9 Å². The van der Waals surface area contributed by atoms with Crippen LogP contribution in [0.4, 0.5) is 11.5 Å². The number of rotatable bonds is 6. The lowest BCUT2D eigenvalue weighted by Crippen LogP contribution is -2.26. The Morgan fingerprint density at radius 3 is 2.88 bits per heavy atom. The molecule has 1 aromatic carbocycles. The Kier molecular flexibility index (Phi) is 5.46. The van der Waals surface area contributed by atoms with E-state index in [1.165, 1.54) is 4.88 Å². The van der Waals surface area contributed by atoms with Crippen molar-refractivity contribution in [2.45, 2.75) is 6.42 Å². The van der Waals surface area contributed by atoms with Gasteiger partial charge in [-0.15, -0.1) is 11.3 Å². The second kappa shape index (κ2) is 7.95. The third-order valence-electron chi connectivity index (χ3n) is 3.38. The van der Waals surface area contributed by atoms with E-state index in [0.29, 0.717) is 22.9 Å². The van der Waals surface area contributed by atoms with E-state index in [9.17, 15) is 4.79 Å². The van der Waals surface area contributed by atoms with Gasteiger partial charge in [0.2, 0.25) is 0 Å². The van der Waals surface area contributed by atoms with Crippen molar-refractivity contribution in [2.24, 2.45) is 0 Å². The van der Waals surface area contributed by atoms with Gasteiger partial charge in [-0.25, -0.2) is 4.98 Å². The number of pyridine rings is 1. The van der Waals surface area contributed by atoms with E-state index >= 15 is 0 Å². The number of carbonyl (C=O) groups excluding carboxylic acids is 1. The first-order chi connectivity index (χ1) is 11.7. The molecule has 1 amide bonds. The zero-order valence-electron chi connectivity index (χ0n) is 12.8. The van der Waals surface area contributed by atoms with Gasteiger partial charge in [-0.2, -0.15) is 0 Å². The van der Waals surface area contributed by atoms with E-state index in [1.807, 2.05) is 23.6 Å². The first-order valence-electron chi connectivity index (χ1n) is 7.50. The molecule has 3 aromatic rings. The predicted molar refractivity (Wildman–Crippen MR) is 99.3 cm³/mol. The zero-order valence-corrected chi connectivity index (χ0v) is 14.4. The molecule has 0 unspecified atom stereocenters. The number of amides is 1. The van der Waals surface area contributed by atoms with Gasteiger partial charge in [0.15, 0.2) is 0 Å². The Morgan fingerprint density at radius 1 is 1.17 bits per heavy atom. The minimum absolute atomic E-state index is 0.149. The lowest BCUT2D eigenvalue weighted by atomic mass is 10.2. The van der Waals surface area contributed by atoms with Gasteiger partial charge in [0.1, 0.15) is 5.82 Å². The van der Waals surface area contributed by atoms with Crippen LogP contribution in [0.5, 0.6) is 0 Å². The molecule has 4 nitrogen and oxygen atoms in total. The van der Waals surface area contributed by atoms with Crippen molar-refractivity contribution in [3.63, 3.8) is 0 Å². The molecule has 0 aliphatic carbocycles. The highest BCUT2D eigenvalue weighted by Gasteiger charge is 2.12. The van der Waals surface area contributed by atoms with Gasteiger partial charge in [0.05, 0.1) is 5.56 Å². The largest absolute Gasteiger partial charge is 0.352 e. The average molecular weight is 358 g/mol. The molecule has 122 valence electrons. The van der Waals surface area contributed by atoms with Gasteiger partial charge < -0.3 is 10.6 Å². The summed E-state index contributed by atoms with van der Waals surface area (Å²) in [6.45, 7) is 0.588. The van der Waals surface area contributed by atoms with Gasteiger partial charge in [-0.05, 0) is 48.2 Å². The van der Waals surface area contributed by atoms with Gasteiger partial charge in [-0.3, -0.25) is 4.79 Å². The molecule has 6 heteroatoms. The summed E-state index contributed by atoms with van der Waals surface area (Å²) in [7, 11) is 0. The van der Waals surface area contributed by atoms with E-state index < -0.39 is 0 Å². The van der Waals surface area contributed by atoms with E-state index in [4.69, 9.17) is 11.6 Å². The van der Waals surface area contributed by atoms with Crippen molar-refractivity contribution < 1.29 is 4.79 Å². The molecule has 0 fully saturated rings. The number of hydrogen-bond donors (Lipinski definition) is 2. The molecule has 0 aliphatic rings. The van der Waals surface area contributed by atoms with Crippen LogP contribution in [0.2, 0.25) is 5.02 Å². The van der Waals surface area contributed by atoms with Gasteiger partial charge >= 0.3 is 0 Å². The zero-order chi connectivity index (χ0) is 16.8. The maximum absolute atomic E-state index is 12.4. The van der Waals surface area contributed by atoms with Crippen molar-refractivity contribution in [1.29, 1.82) is 0 Å². The highest BCUT2D eigenvalue weighted by Crippen LogP contribution is 2.21. The van der Waals surface area contributed by atoms with E-state index in [0.717, 1.165) is 12.1 Å². The monoisotopic (exact) mass is 357 g/mol.